The molecule has 1 aromatic carbocycles. The summed E-state index contributed by atoms with van der Waals surface area (Å²) in [7, 11) is 0. The second-order valence-electron chi connectivity index (χ2n) is 7.10. The largest absolute Gasteiger partial charge is 0.466 e. The second-order valence-corrected chi connectivity index (χ2v) is 7.96. The number of benzene rings is 1. The molecule has 8 nitrogen and oxygen atoms in total. The summed E-state index contributed by atoms with van der Waals surface area (Å²) in [5, 5.41) is 6.66. The van der Waals surface area contributed by atoms with Gasteiger partial charge in [0.1, 0.15) is 0 Å². The van der Waals surface area contributed by atoms with Crippen LogP contribution < -0.4 is 10.3 Å². The number of aromatic nitrogens is 1. The summed E-state index contributed by atoms with van der Waals surface area (Å²) in [5.41, 5.74) is 5.65. The molecule has 0 unspecified atom stereocenters. The van der Waals surface area contributed by atoms with Crippen molar-refractivity contribution in [2.24, 2.45) is 11.0 Å². The molecule has 1 N–H and O–H groups in total. The number of piperidine rings is 1. The number of esters is 2. The normalized spacial score (nSPS) is 14.6. The number of anilines is 2. The van der Waals surface area contributed by atoms with Gasteiger partial charge in [0.25, 0.3) is 0 Å². The lowest BCUT2D eigenvalue weighted by Crippen LogP contribution is -2.36. The third kappa shape index (κ3) is 6.78. The summed E-state index contributed by atoms with van der Waals surface area (Å²) < 4.78 is 10.1. The molecule has 1 fully saturated rings. The summed E-state index contributed by atoms with van der Waals surface area (Å²) in [5.74, 6) is -0.347. The highest BCUT2D eigenvalue weighted by atomic mass is 32.1. The van der Waals surface area contributed by atoms with Gasteiger partial charge in [-0.05, 0) is 44.4 Å². The molecule has 31 heavy (non-hydrogen) atoms. The van der Waals surface area contributed by atoms with Crippen molar-refractivity contribution in [2.45, 2.75) is 33.1 Å². The highest BCUT2D eigenvalue weighted by molar-refractivity contribution is 7.13. The first-order valence-electron chi connectivity index (χ1n) is 10.5. The first-order valence-corrected chi connectivity index (χ1v) is 11.4. The van der Waals surface area contributed by atoms with Crippen LogP contribution in [0.1, 0.15) is 37.9 Å². The number of ether oxygens (including phenoxy) is 2. The van der Waals surface area contributed by atoms with Crippen molar-refractivity contribution in [3.8, 4) is 0 Å². The lowest BCUT2D eigenvalue weighted by molar-refractivity contribution is -0.148. The van der Waals surface area contributed by atoms with Crippen molar-refractivity contribution in [3.63, 3.8) is 0 Å². The molecule has 1 saturated heterocycles. The molecule has 166 valence electrons. The van der Waals surface area contributed by atoms with Gasteiger partial charge in [0, 0.05) is 24.2 Å². The van der Waals surface area contributed by atoms with E-state index in [4.69, 9.17) is 9.47 Å². The minimum atomic E-state index is -0.284. The first-order chi connectivity index (χ1) is 15.1. The van der Waals surface area contributed by atoms with Crippen LogP contribution >= 0.6 is 11.3 Å². The minimum Gasteiger partial charge on any atom is -0.466 e. The van der Waals surface area contributed by atoms with Gasteiger partial charge in [-0.3, -0.25) is 15.0 Å². The number of nitrogens with one attached hydrogen (secondary N) is 1. The van der Waals surface area contributed by atoms with Gasteiger partial charge in [-0.25, -0.2) is 4.98 Å². The van der Waals surface area contributed by atoms with Crippen LogP contribution in [-0.2, 0) is 25.5 Å². The van der Waals surface area contributed by atoms with Gasteiger partial charge in [-0.1, -0.05) is 12.1 Å². The van der Waals surface area contributed by atoms with Crippen LogP contribution in [0.3, 0.4) is 0 Å². The number of thiazole rings is 1. The van der Waals surface area contributed by atoms with E-state index >= 15 is 0 Å². The van der Waals surface area contributed by atoms with E-state index in [1.807, 2.05) is 24.4 Å². The number of rotatable bonds is 9. The van der Waals surface area contributed by atoms with E-state index in [0.29, 0.717) is 24.0 Å². The predicted molar refractivity (Wildman–Crippen MR) is 122 cm³/mol. The number of nitrogens with zero attached hydrogens (tertiary/aromatic N) is 3. The van der Waals surface area contributed by atoms with Crippen molar-refractivity contribution in [1.82, 2.24) is 4.98 Å². The minimum absolute atomic E-state index is 0.0114. The molecule has 0 aliphatic carbocycles. The van der Waals surface area contributed by atoms with Crippen LogP contribution in [0.2, 0.25) is 0 Å². The molecule has 0 atom stereocenters. The van der Waals surface area contributed by atoms with Crippen LogP contribution in [0.4, 0.5) is 10.8 Å². The zero-order valence-electron chi connectivity index (χ0n) is 17.9. The Labute approximate surface area is 186 Å². The average Bonchev–Trinajstić information content (AvgIpc) is 3.21. The van der Waals surface area contributed by atoms with Gasteiger partial charge in [-0.15, -0.1) is 11.3 Å². The fourth-order valence-electron chi connectivity index (χ4n) is 3.37. The molecular formula is C22H28N4O4S. The summed E-state index contributed by atoms with van der Waals surface area (Å²) in [4.78, 5) is 30.0. The fourth-order valence-corrected chi connectivity index (χ4v) is 4.03. The number of hydrogen-bond donors (Lipinski definition) is 1. The topological polar surface area (TPSA) is 93.1 Å². The van der Waals surface area contributed by atoms with E-state index in [9.17, 15) is 9.59 Å². The molecule has 1 aliphatic rings. The summed E-state index contributed by atoms with van der Waals surface area (Å²) >= 11 is 1.39. The standard InChI is InChI=1S/C22H28N4O4S/c1-3-29-20(27)13-18-15-31-22(24-18)25-23-14-16-5-7-19(8-6-16)26-11-9-17(10-12-26)21(28)30-4-2/h5-8,14-15,17H,3-4,9-13H2,1-2H3,(H,24,25). The Morgan fingerprint density at radius 2 is 1.90 bits per heavy atom. The molecule has 0 spiro atoms. The molecule has 2 heterocycles. The zero-order valence-corrected chi connectivity index (χ0v) is 18.7. The molecule has 1 aromatic heterocycles. The Morgan fingerprint density at radius 3 is 2.58 bits per heavy atom. The first kappa shape index (κ1) is 22.7. The van der Waals surface area contributed by atoms with Crippen molar-refractivity contribution < 1.29 is 19.1 Å². The molecule has 2 aromatic rings. The van der Waals surface area contributed by atoms with Gasteiger partial charge >= 0.3 is 11.9 Å². The summed E-state index contributed by atoms with van der Waals surface area (Å²) in [6, 6.07) is 8.14. The van der Waals surface area contributed by atoms with Gasteiger partial charge < -0.3 is 14.4 Å². The van der Waals surface area contributed by atoms with E-state index < -0.39 is 0 Å². The van der Waals surface area contributed by atoms with Gasteiger partial charge in [0.05, 0.1) is 37.5 Å². The van der Waals surface area contributed by atoms with Crippen LogP contribution in [0, 0.1) is 5.92 Å². The molecule has 0 bridgehead atoms. The average molecular weight is 445 g/mol. The van der Waals surface area contributed by atoms with Crippen LogP contribution in [0.25, 0.3) is 0 Å². The zero-order chi connectivity index (χ0) is 22.1. The van der Waals surface area contributed by atoms with Crippen LogP contribution in [0.15, 0.2) is 34.7 Å². The monoisotopic (exact) mass is 444 g/mol. The van der Waals surface area contributed by atoms with Gasteiger partial charge in [0.15, 0.2) is 0 Å². The highest BCUT2D eigenvalue weighted by Crippen LogP contribution is 2.24. The molecular weight excluding hydrogens is 416 g/mol. The molecule has 0 saturated carbocycles. The number of hydrazone groups is 1. The molecule has 0 radical (unpaired) electrons. The Bertz CT molecular complexity index is 889. The third-order valence-corrected chi connectivity index (χ3v) is 5.73. The van der Waals surface area contributed by atoms with Crippen molar-refractivity contribution >= 4 is 40.3 Å². The smallest absolute Gasteiger partial charge is 0.311 e. The third-order valence-electron chi connectivity index (χ3n) is 4.93. The van der Waals surface area contributed by atoms with Gasteiger partial charge in [0.2, 0.25) is 5.13 Å². The lowest BCUT2D eigenvalue weighted by Gasteiger charge is -2.32. The van der Waals surface area contributed by atoms with Crippen molar-refractivity contribution in [3.05, 3.63) is 40.9 Å². The molecule has 9 heteroatoms. The highest BCUT2D eigenvalue weighted by Gasteiger charge is 2.25. The molecule has 3 rings (SSSR count). The Morgan fingerprint density at radius 1 is 1.19 bits per heavy atom. The van der Waals surface area contributed by atoms with Crippen molar-refractivity contribution in [1.29, 1.82) is 0 Å². The molecule has 1 aliphatic heterocycles. The maximum absolute atomic E-state index is 11.9. The van der Waals surface area contributed by atoms with E-state index in [1.54, 1.807) is 13.1 Å². The maximum Gasteiger partial charge on any atom is 0.311 e. The quantitative estimate of drug-likeness (QED) is 0.360. The second kappa shape index (κ2) is 11.5. The number of carbonyl (C=O) groups excluding carboxylic acids is 2. The van der Waals surface area contributed by atoms with Crippen molar-refractivity contribution in [2.75, 3.05) is 36.6 Å². The summed E-state index contributed by atoms with van der Waals surface area (Å²) in [6.45, 7) is 6.11. The van der Waals surface area contributed by atoms with Crippen LogP contribution in [0.5, 0.6) is 0 Å². The number of hydrogen-bond acceptors (Lipinski definition) is 9. The Hall–Kier alpha value is -2.94. The predicted octanol–water partition coefficient (Wildman–Crippen LogP) is 3.47. The SMILES string of the molecule is CCOC(=O)Cc1csc(NN=Cc2ccc(N3CCC(C(=O)OCC)CC3)cc2)n1. The lowest BCUT2D eigenvalue weighted by atomic mass is 9.96. The van der Waals surface area contributed by atoms with E-state index in [1.165, 1.54) is 11.3 Å². The van der Waals surface area contributed by atoms with Gasteiger partial charge in [-0.2, -0.15) is 5.10 Å². The number of carbonyl (C=O) groups is 2. The van der Waals surface area contributed by atoms with E-state index in [0.717, 1.165) is 37.2 Å². The summed E-state index contributed by atoms with van der Waals surface area (Å²) in [6.07, 6.45) is 3.52. The maximum atomic E-state index is 11.9. The molecule has 0 amide bonds. The van der Waals surface area contributed by atoms with E-state index in [2.05, 4.69) is 32.5 Å². The Balaban J connectivity index is 1.46. The fraction of sp³-hybridized carbons (Fsp3) is 0.455. The van der Waals surface area contributed by atoms with E-state index in [-0.39, 0.29) is 24.3 Å². The van der Waals surface area contributed by atoms with Crippen LogP contribution in [-0.4, -0.2) is 49.4 Å². The Kier molecular flexibility index (Phi) is 8.40.